The first-order chi connectivity index (χ1) is 11.1. The van der Waals surface area contributed by atoms with E-state index in [1.807, 2.05) is 13.8 Å². The Balaban J connectivity index is 2.67. The summed E-state index contributed by atoms with van der Waals surface area (Å²) < 4.78 is 30.3. The Hall–Kier alpha value is -1.02. The van der Waals surface area contributed by atoms with Gasteiger partial charge in [0.15, 0.2) is 0 Å². The van der Waals surface area contributed by atoms with Crippen molar-refractivity contribution in [1.29, 1.82) is 0 Å². The summed E-state index contributed by atoms with van der Waals surface area (Å²) in [6, 6.07) is 4.40. The van der Waals surface area contributed by atoms with Crippen LogP contribution in [0.5, 0.6) is 0 Å². The van der Waals surface area contributed by atoms with Crippen LogP contribution in [0.15, 0.2) is 18.2 Å². The van der Waals surface area contributed by atoms with Gasteiger partial charge in [0.2, 0.25) is 15.9 Å². The van der Waals surface area contributed by atoms with Crippen molar-refractivity contribution in [2.24, 2.45) is 0 Å². The molecule has 9 heteroatoms. The molecule has 136 valence electrons. The maximum absolute atomic E-state index is 12.0. The van der Waals surface area contributed by atoms with Gasteiger partial charge in [-0.3, -0.25) is 9.10 Å². The van der Waals surface area contributed by atoms with Gasteiger partial charge in [-0.2, -0.15) is 0 Å². The predicted octanol–water partition coefficient (Wildman–Crippen LogP) is 2.69. The molecule has 0 saturated carbocycles. The standard InChI is InChI=1S/C15H22Cl2N2O4S/c1-11(2)23-8-4-7-18-15(20)10-19(24(3,21)22)12-5-6-13(16)14(17)9-12/h5-6,9,11H,4,7-8,10H2,1-3H3,(H,18,20). The first-order valence-corrected chi connectivity index (χ1v) is 10.0. The highest BCUT2D eigenvalue weighted by molar-refractivity contribution is 7.92. The SMILES string of the molecule is CC(C)OCCCNC(=O)CN(c1ccc(Cl)c(Cl)c1)S(C)(=O)=O. The molecule has 0 unspecified atom stereocenters. The minimum Gasteiger partial charge on any atom is -0.379 e. The van der Waals surface area contributed by atoms with Crippen molar-refractivity contribution in [3.8, 4) is 0 Å². The fraction of sp³-hybridized carbons (Fsp3) is 0.533. The number of sulfonamides is 1. The van der Waals surface area contributed by atoms with Crippen LogP contribution in [0, 0.1) is 0 Å². The van der Waals surface area contributed by atoms with Crippen molar-refractivity contribution in [3.05, 3.63) is 28.2 Å². The summed E-state index contributed by atoms with van der Waals surface area (Å²) in [4.78, 5) is 12.0. The van der Waals surface area contributed by atoms with Gasteiger partial charge in [0.05, 0.1) is 28.1 Å². The minimum absolute atomic E-state index is 0.135. The van der Waals surface area contributed by atoms with Gasteiger partial charge in [0.1, 0.15) is 6.54 Å². The Labute approximate surface area is 153 Å². The normalized spacial score (nSPS) is 11.6. The van der Waals surface area contributed by atoms with Gasteiger partial charge in [-0.25, -0.2) is 8.42 Å². The van der Waals surface area contributed by atoms with Gasteiger partial charge in [-0.15, -0.1) is 0 Å². The summed E-state index contributed by atoms with van der Waals surface area (Å²) in [5.41, 5.74) is 0.283. The van der Waals surface area contributed by atoms with Crippen molar-refractivity contribution in [2.75, 3.05) is 30.3 Å². The lowest BCUT2D eigenvalue weighted by Crippen LogP contribution is -2.40. The molecule has 0 bridgehead atoms. The molecule has 0 aliphatic rings. The smallest absolute Gasteiger partial charge is 0.240 e. The van der Waals surface area contributed by atoms with E-state index in [2.05, 4.69) is 5.32 Å². The Kier molecular flexibility index (Phi) is 8.29. The van der Waals surface area contributed by atoms with Crippen LogP contribution < -0.4 is 9.62 Å². The lowest BCUT2D eigenvalue weighted by molar-refractivity contribution is -0.119. The number of hydrogen-bond acceptors (Lipinski definition) is 4. The summed E-state index contributed by atoms with van der Waals surface area (Å²) in [5, 5.41) is 3.20. The van der Waals surface area contributed by atoms with Crippen molar-refractivity contribution in [2.45, 2.75) is 26.4 Å². The van der Waals surface area contributed by atoms with Crippen LogP contribution in [-0.2, 0) is 19.6 Å². The largest absolute Gasteiger partial charge is 0.379 e. The zero-order chi connectivity index (χ0) is 18.3. The first kappa shape index (κ1) is 21.0. The molecule has 1 rings (SSSR count). The second-order valence-electron chi connectivity index (χ2n) is 5.49. The molecule has 0 heterocycles. The third-order valence-corrected chi connectivity index (χ3v) is 4.85. The fourth-order valence-corrected chi connectivity index (χ4v) is 2.99. The number of ether oxygens (including phenoxy) is 1. The van der Waals surface area contributed by atoms with Crippen molar-refractivity contribution < 1.29 is 17.9 Å². The average Bonchev–Trinajstić information content (AvgIpc) is 2.46. The van der Waals surface area contributed by atoms with Crippen LogP contribution in [0.25, 0.3) is 0 Å². The number of amides is 1. The molecule has 0 saturated heterocycles. The van der Waals surface area contributed by atoms with E-state index in [0.29, 0.717) is 24.6 Å². The summed E-state index contributed by atoms with van der Waals surface area (Å²) in [6.07, 6.45) is 1.81. The molecule has 0 fully saturated rings. The molecule has 1 amide bonds. The number of nitrogens with one attached hydrogen (secondary N) is 1. The Morgan fingerprint density at radius 2 is 1.96 bits per heavy atom. The van der Waals surface area contributed by atoms with Crippen molar-refractivity contribution in [1.82, 2.24) is 5.32 Å². The molecule has 0 spiro atoms. The second kappa shape index (κ2) is 9.46. The van der Waals surface area contributed by atoms with Crippen LogP contribution in [0.3, 0.4) is 0 Å². The topological polar surface area (TPSA) is 75.7 Å². The van der Waals surface area contributed by atoms with Crippen molar-refractivity contribution >= 4 is 44.8 Å². The third-order valence-electron chi connectivity index (χ3n) is 2.97. The maximum Gasteiger partial charge on any atom is 0.240 e. The summed E-state index contributed by atoms with van der Waals surface area (Å²) in [6.45, 7) is 4.46. The van der Waals surface area contributed by atoms with E-state index in [1.165, 1.54) is 18.2 Å². The molecule has 1 aromatic rings. The summed E-state index contributed by atoms with van der Waals surface area (Å²) >= 11 is 11.8. The van der Waals surface area contributed by atoms with Crippen LogP contribution in [0.2, 0.25) is 10.0 Å². The zero-order valence-corrected chi connectivity index (χ0v) is 16.2. The predicted molar refractivity (Wildman–Crippen MR) is 97.4 cm³/mol. The monoisotopic (exact) mass is 396 g/mol. The number of benzene rings is 1. The number of hydrogen-bond donors (Lipinski definition) is 1. The second-order valence-corrected chi connectivity index (χ2v) is 8.21. The highest BCUT2D eigenvalue weighted by Gasteiger charge is 2.21. The lowest BCUT2D eigenvalue weighted by atomic mass is 10.3. The Morgan fingerprint density at radius 3 is 2.50 bits per heavy atom. The molecule has 24 heavy (non-hydrogen) atoms. The molecular weight excluding hydrogens is 375 g/mol. The van der Waals surface area contributed by atoms with E-state index < -0.39 is 15.9 Å². The number of nitrogens with zero attached hydrogens (tertiary/aromatic N) is 1. The zero-order valence-electron chi connectivity index (χ0n) is 13.9. The maximum atomic E-state index is 12.0. The highest BCUT2D eigenvalue weighted by Crippen LogP contribution is 2.28. The van der Waals surface area contributed by atoms with Crippen molar-refractivity contribution in [3.63, 3.8) is 0 Å². The lowest BCUT2D eigenvalue weighted by Gasteiger charge is -2.22. The van der Waals surface area contributed by atoms with Gasteiger partial charge in [-0.1, -0.05) is 23.2 Å². The van der Waals surface area contributed by atoms with E-state index >= 15 is 0 Å². The number of carbonyl (C=O) groups excluding carboxylic acids is 1. The quantitative estimate of drug-likeness (QED) is 0.650. The van der Waals surface area contributed by atoms with E-state index in [0.717, 1.165) is 10.6 Å². The van der Waals surface area contributed by atoms with Crippen LogP contribution in [0.1, 0.15) is 20.3 Å². The average molecular weight is 397 g/mol. The third kappa shape index (κ3) is 7.25. The van der Waals surface area contributed by atoms with E-state index in [-0.39, 0.29) is 23.4 Å². The van der Waals surface area contributed by atoms with Gasteiger partial charge in [0.25, 0.3) is 0 Å². The number of rotatable bonds is 9. The number of carbonyl (C=O) groups is 1. The first-order valence-electron chi connectivity index (χ1n) is 7.42. The van der Waals surface area contributed by atoms with Crippen LogP contribution >= 0.6 is 23.2 Å². The Bertz CT molecular complexity index is 665. The summed E-state index contributed by atoms with van der Waals surface area (Å²) in [5.74, 6) is -0.406. The van der Waals surface area contributed by atoms with E-state index in [1.54, 1.807) is 0 Å². The minimum atomic E-state index is -3.64. The molecule has 0 aromatic heterocycles. The molecule has 1 N–H and O–H groups in total. The Morgan fingerprint density at radius 1 is 1.29 bits per heavy atom. The molecule has 0 radical (unpaired) electrons. The molecule has 0 atom stereocenters. The molecular formula is C15H22Cl2N2O4S. The summed E-state index contributed by atoms with van der Waals surface area (Å²) in [7, 11) is -3.64. The number of anilines is 1. The van der Waals surface area contributed by atoms with Crippen LogP contribution in [0.4, 0.5) is 5.69 Å². The molecule has 0 aliphatic heterocycles. The molecule has 1 aromatic carbocycles. The molecule has 6 nitrogen and oxygen atoms in total. The van der Waals surface area contributed by atoms with Crippen LogP contribution in [-0.4, -0.2) is 46.4 Å². The van der Waals surface area contributed by atoms with Gasteiger partial charge in [-0.05, 0) is 38.5 Å². The fourth-order valence-electron chi connectivity index (χ4n) is 1.85. The highest BCUT2D eigenvalue weighted by atomic mass is 35.5. The van der Waals surface area contributed by atoms with E-state index in [4.69, 9.17) is 27.9 Å². The molecule has 0 aliphatic carbocycles. The van der Waals surface area contributed by atoms with E-state index in [9.17, 15) is 13.2 Å². The van der Waals surface area contributed by atoms with Gasteiger partial charge in [0, 0.05) is 13.2 Å². The van der Waals surface area contributed by atoms with Gasteiger partial charge < -0.3 is 10.1 Å². The van der Waals surface area contributed by atoms with Gasteiger partial charge >= 0.3 is 0 Å². The number of halogens is 2.